The third-order valence-electron chi connectivity index (χ3n) is 10.9. The van der Waals surface area contributed by atoms with Crippen LogP contribution in [0.15, 0.2) is 18.2 Å². The van der Waals surface area contributed by atoms with Crippen molar-refractivity contribution >= 4 is 32.4 Å². The number of carbonyl (C=O) groups excluding carboxylic acids is 2. The Kier molecular flexibility index (Phi) is 13.5. The summed E-state index contributed by atoms with van der Waals surface area (Å²) in [6, 6.07) is 6.19. The van der Waals surface area contributed by atoms with Gasteiger partial charge in [0, 0.05) is 31.3 Å². The summed E-state index contributed by atoms with van der Waals surface area (Å²) in [5.74, 6) is -5.53. The second-order valence-electron chi connectivity index (χ2n) is 14.2. The fourth-order valence-electron chi connectivity index (χ4n) is 7.02. The molecule has 1 heterocycles. The van der Waals surface area contributed by atoms with Crippen molar-refractivity contribution < 1.29 is 36.6 Å². The predicted octanol–water partition coefficient (Wildman–Crippen LogP) is 8.87. The molecule has 0 bridgehead atoms. The topological polar surface area (TPSA) is 55.8 Å². The van der Waals surface area contributed by atoms with E-state index < -0.39 is 18.2 Å². The molecule has 1 aromatic carbocycles. The molecular weight excluding hydrogens is 617 g/mol. The number of thiol groups is 1. The Balaban J connectivity index is 0.000000266. The van der Waals surface area contributed by atoms with Gasteiger partial charge in [-0.2, -0.15) is 12.6 Å². The summed E-state index contributed by atoms with van der Waals surface area (Å²) in [6.45, 7) is 13.6. The van der Waals surface area contributed by atoms with E-state index in [9.17, 15) is 27.2 Å². The van der Waals surface area contributed by atoms with E-state index in [0.717, 1.165) is 38.5 Å². The van der Waals surface area contributed by atoms with Crippen molar-refractivity contribution in [3.63, 3.8) is 0 Å². The highest BCUT2D eigenvalue weighted by molar-refractivity contribution is 7.80. The van der Waals surface area contributed by atoms with Gasteiger partial charge in [0.1, 0.15) is 11.5 Å². The summed E-state index contributed by atoms with van der Waals surface area (Å²) in [4.78, 5) is 26.5. The lowest BCUT2D eigenvalue weighted by molar-refractivity contribution is -0.161. The van der Waals surface area contributed by atoms with Crippen LogP contribution in [0.5, 0.6) is 5.75 Å². The van der Waals surface area contributed by atoms with E-state index in [0.29, 0.717) is 61.0 Å². The monoisotopic (exact) mass is 669 g/mol. The second kappa shape index (κ2) is 16.1. The van der Waals surface area contributed by atoms with Crippen LogP contribution in [-0.4, -0.2) is 68.4 Å². The van der Waals surface area contributed by atoms with E-state index in [1.54, 1.807) is 4.90 Å². The van der Waals surface area contributed by atoms with Crippen molar-refractivity contribution in [1.82, 2.24) is 4.90 Å². The van der Waals surface area contributed by atoms with Gasteiger partial charge in [-0.25, -0.2) is 22.4 Å². The van der Waals surface area contributed by atoms with Crippen molar-refractivity contribution in [3.8, 4) is 5.75 Å². The van der Waals surface area contributed by atoms with Gasteiger partial charge in [-0.15, -0.1) is 0 Å². The van der Waals surface area contributed by atoms with E-state index in [4.69, 9.17) is 9.47 Å². The molecule has 3 fully saturated rings. The van der Waals surface area contributed by atoms with Gasteiger partial charge >= 0.3 is 6.09 Å². The number of carbonyl (C=O) groups is 2. The number of nitrogens with zero attached hydrogens (tertiary/aromatic N) is 1. The number of aryl methyl sites for hydroxylation is 1. The third kappa shape index (κ3) is 9.45. The molecule has 5 rings (SSSR count). The Bertz CT molecular complexity index is 1170. The van der Waals surface area contributed by atoms with Crippen molar-refractivity contribution in [2.45, 2.75) is 116 Å². The molecular formula is C35H52BF4NO4S. The molecule has 5 nitrogen and oxygen atoms in total. The van der Waals surface area contributed by atoms with Gasteiger partial charge in [0.05, 0.1) is 13.2 Å². The Hall–Kier alpha value is -1.75. The van der Waals surface area contributed by atoms with Gasteiger partial charge in [0.25, 0.3) is 11.7 Å². The number of rotatable bonds is 7. The zero-order valence-electron chi connectivity index (χ0n) is 28.2. The molecule has 4 atom stereocenters. The number of alkyl halides is 4. The zero-order chi connectivity index (χ0) is 34.3. The van der Waals surface area contributed by atoms with Crippen LogP contribution in [0.2, 0.25) is 0 Å². The van der Waals surface area contributed by atoms with Gasteiger partial charge in [-0.3, -0.25) is 4.79 Å². The number of benzene rings is 1. The molecule has 0 N–H and O–H groups in total. The molecule has 1 aromatic rings. The second-order valence-corrected chi connectivity index (χ2v) is 14.6. The van der Waals surface area contributed by atoms with E-state index in [2.05, 4.69) is 67.2 Å². The SMILES string of the molecule is CC12CCC3c4ccc(OC(=O)N5CCOCC5)cc4CCC3C1CCC2=O.CCC(C)(C)CC.[B]C(F)(F)C(F)(F)CCCS. The molecule has 1 saturated heterocycles. The minimum atomic E-state index is -4.42. The molecule has 3 aliphatic carbocycles. The van der Waals surface area contributed by atoms with Crippen LogP contribution in [0.25, 0.3) is 0 Å². The lowest BCUT2D eigenvalue weighted by Gasteiger charge is -2.48. The zero-order valence-corrected chi connectivity index (χ0v) is 29.1. The van der Waals surface area contributed by atoms with Gasteiger partial charge in [-0.1, -0.05) is 53.5 Å². The molecule has 11 heteroatoms. The van der Waals surface area contributed by atoms with E-state index in [1.165, 1.54) is 24.0 Å². The number of halogens is 4. The first-order valence-electron chi connectivity index (χ1n) is 16.9. The minimum absolute atomic E-state index is 0.0771. The minimum Gasteiger partial charge on any atom is -0.410 e. The standard InChI is InChI=1S/C23H29NO4.C7H16.C5H7BF4S/c1-23-9-8-18-17-5-3-16(28-22(26)24-10-12-27-13-11-24)14-15(17)2-4-19(18)20(23)6-7-21(23)25;1-5-7(3,4)6-2;6-5(9,10)4(7,8)2-1-3-11/h3,5,14,18-20H,2,4,6-13H2,1H3;5-6H2,1-4H3;11H,1-3H2. The highest BCUT2D eigenvalue weighted by Crippen LogP contribution is 2.59. The Morgan fingerprint density at radius 3 is 2.30 bits per heavy atom. The maximum absolute atomic E-state index is 12.5. The Morgan fingerprint density at radius 2 is 1.74 bits per heavy atom. The lowest BCUT2D eigenvalue weighted by atomic mass is 9.55. The number of morpholine rings is 1. The molecule has 2 radical (unpaired) electrons. The summed E-state index contributed by atoms with van der Waals surface area (Å²) in [6.07, 6.45) is 7.42. The molecule has 4 aliphatic rings. The van der Waals surface area contributed by atoms with E-state index in [1.807, 2.05) is 6.07 Å². The first kappa shape index (κ1) is 38.7. The molecule has 258 valence electrons. The molecule has 1 amide bonds. The Morgan fingerprint density at radius 1 is 1.09 bits per heavy atom. The van der Waals surface area contributed by atoms with Gasteiger partial charge in [-0.05, 0) is 90.7 Å². The first-order valence-corrected chi connectivity index (χ1v) is 17.5. The normalized spacial score (nSPS) is 26.0. The van der Waals surface area contributed by atoms with Crippen molar-refractivity contribution in [1.29, 1.82) is 0 Å². The fourth-order valence-corrected chi connectivity index (χ4v) is 7.18. The number of amides is 1. The van der Waals surface area contributed by atoms with Crippen LogP contribution in [-0.2, 0) is 16.0 Å². The van der Waals surface area contributed by atoms with Crippen molar-refractivity contribution in [2.24, 2.45) is 22.7 Å². The van der Waals surface area contributed by atoms with Crippen LogP contribution >= 0.6 is 12.6 Å². The maximum Gasteiger partial charge on any atom is 0.415 e. The predicted molar refractivity (Wildman–Crippen MR) is 178 cm³/mol. The number of hydrogen-bond acceptors (Lipinski definition) is 5. The van der Waals surface area contributed by atoms with Gasteiger partial charge < -0.3 is 14.4 Å². The first-order chi connectivity index (χ1) is 21.5. The number of ketones is 1. The third-order valence-corrected chi connectivity index (χ3v) is 11.2. The summed E-state index contributed by atoms with van der Waals surface area (Å²) in [7, 11) is 3.95. The fraction of sp³-hybridized carbons (Fsp3) is 0.771. The Labute approximate surface area is 279 Å². The van der Waals surface area contributed by atoms with Crippen LogP contribution in [0, 0.1) is 22.7 Å². The van der Waals surface area contributed by atoms with Crippen molar-refractivity contribution in [3.05, 3.63) is 29.3 Å². The van der Waals surface area contributed by atoms with Crippen LogP contribution in [0.3, 0.4) is 0 Å². The largest absolute Gasteiger partial charge is 0.415 e. The van der Waals surface area contributed by atoms with E-state index >= 15 is 0 Å². The smallest absolute Gasteiger partial charge is 0.410 e. The molecule has 2 saturated carbocycles. The molecule has 4 unspecified atom stereocenters. The molecule has 0 aromatic heterocycles. The highest BCUT2D eigenvalue weighted by Gasteiger charge is 2.54. The molecule has 1 aliphatic heterocycles. The summed E-state index contributed by atoms with van der Waals surface area (Å²) in [5.41, 5.74) is 3.25. The summed E-state index contributed by atoms with van der Waals surface area (Å²) < 4.78 is 59.0. The molecule has 0 spiro atoms. The average Bonchev–Trinajstić information content (AvgIpc) is 3.34. The van der Waals surface area contributed by atoms with E-state index in [-0.39, 0.29) is 23.7 Å². The van der Waals surface area contributed by atoms with Crippen LogP contribution < -0.4 is 4.74 Å². The average molecular weight is 670 g/mol. The number of hydrogen-bond donors (Lipinski definition) is 1. The number of fused-ring (bicyclic) bond motifs is 5. The summed E-state index contributed by atoms with van der Waals surface area (Å²) >= 11 is 3.61. The lowest BCUT2D eigenvalue weighted by Crippen LogP contribution is -2.42. The van der Waals surface area contributed by atoms with Crippen LogP contribution in [0.4, 0.5) is 22.4 Å². The van der Waals surface area contributed by atoms with Crippen molar-refractivity contribution in [2.75, 3.05) is 32.1 Å². The number of ether oxygens (including phenoxy) is 2. The maximum atomic E-state index is 12.5. The summed E-state index contributed by atoms with van der Waals surface area (Å²) in [5, 5.41) is 0. The molecule has 46 heavy (non-hydrogen) atoms. The number of Topliss-reactive ketones (excluding diaryl/α,β-unsaturated/α-hetero) is 1. The van der Waals surface area contributed by atoms with Crippen LogP contribution in [0.1, 0.15) is 109 Å². The quantitative estimate of drug-likeness (QED) is 0.179. The highest BCUT2D eigenvalue weighted by atomic mass is 32.1. The van der Waals surface area contributed by atoms with Gasteiger partial charge in [0.15, 0.2) is 7.85 Å². The van der Waals surface area contributed by atoms with Gasteiger partial charge in [0.2, 0.25) is 0 Å².